The van der Waals surface area contributed by atoms with E-state index in [4.69, 9.17) is 27.9 Å². The van der Waals surface area contributed by atoms with Crippen LogP contribution in [-0.2, 0) is 25.6 Å². The molecule has 0 spiro atoms. The van der Waals surface area contributed by atoms with Gasteiger partial charge in [0.05, 0.1) is 29.1 Å². The smallest absolute Gasteiger partial charge is 0.258 e. The molecule has 49 heavy (non-hydrogen) atoms. The summed E-state index contributed by atoms with van der Waals surface area (Å²) in [7, 11) is 1.35. The normalized spacial score (nSPS) is 29.1. The predicted molar refractivity (Wildman–Crippen MR) is 185 cm³/mol. The zero-order valence-electron chi connectivity index (χ0n) is 25.6. The quantitative estimate of drug-likeness (QED) is 0.164. The number of alkyl halides is 2. The highest BCUT2D eigenvalue weighted by atomic mass is 79.9. The Labute approximate surface area is 306 Å². The van der Waals surface area contributed by atoms with Gasteiger partial charge in [0, 0.05) is 16.9 Å². The second kappa shape index (κ2) is 12.1. The average molecular weight is 837 g/mol. The van der Waals surface area contributed by atoms with Crippen molar-refractivity contribution in [2.75, 3.05) is 18.6 Å². The molecule has 1 saturated carbocycles. The fraction of sp³-hybridized carbons (Fsp3) is 0.314. The fourth-order valence-electron chi connectivity index (χ4n) is 7.91. The number of halogens is 5. The van der Waals surface area contributed by atoms with E-state index in [0.29, 0.717) is 22.0 Å². The van der Waals surface area contributed by atoms with Crippen LogP contribution >= 0.6 is 55.1 Å². The van der Waals surface area contributed by atoms with Crippen molar-refractivity contribution in [3.8, 4) is 17.2 Å². The number of aromatic hydroxyl groups is 2. The number of nitrogens with zero attached hydrogens (tertiary/aromatic N) is 2. The molecular weight excluding hydrogens is 810 g/mol. The van der Waals surface area contributed by atoms with Gasteiger partial charge in [0.1, 0.15) is 11.6 Å². The van der Waals surface area contributed by atoms with Crippen LogP contribution in [0.4, 0.5) is 10.1 Å². The number of rotatable bonds is 6. The number of benzene rings is 3. The van der Waals surface area contributed by atoms with Gasteiger partial charge in [0.2, 0.25) is 11.8 Å². The first-order valence-corrected chi connectivity index (χ1v) is 17.7. The van der Waals surface area contributed by atoms with Gasteiger partial charge in [0.15, 0.2) is 21.2 Å². The molecule has 2 aliphatic heterocycles. The lowest BCUT2D eigenvalue weighted by Gasteiger charge is -2.51. The Balaban J connectivity index is 1.36. The molecule has 3 fully saturated rings. The van der Waals surface area contributed by atoms with Gasteiger partial charge in [0.25, 0.3) is 11.8 Å². The first kappa shape index (κ1) is 34.0. The van der Waals surface area contributed by atoms with Crippen molar-refractivity contribution in [1.82, 2.24) is 4.90 Å². The number of methoxy groups -OCH3 is 1. The van der Waals surface area contributed by atoms with Crippen molar-refractivity contribution in [3.63, 3.8) is 0 Å². The summed E-state index contributed by atoms with van der Waals surface area (Å²) < 4.78 is 19.9. The van der Waals surface area contributed by atoms with Gasteiger partial charge >= 0.3 is 0 Å². The molecule has 2 aliphatic carbocycles. The molecule has 0 unspecified atom stereocenters. The van der Waals surface area contributed by atoms with Crippen molar-refractivity contribution in [2.45, 2.75) is 34.9 Å². The lowest BCUT2D eigenvalue weighted by atomic mass is 9.56. The number of likely N-dealkylation sites (tertiary alicyclic amines) is 1. The number of ether oxygens (including phenoxy) is 1. The first-order chi connectivity index (χ1) is 23.2. The van der Waals surface area contributed by atoms with E-state index in [1.54, 1.807) is 12.1 Å². The number of allylic oxidation sites excluding steroid dienone is 2. The van der Waals surface area contributed by atoms with Gasteiger partial charge in [-0.05, 0) is 111 Å². The van der Waals surface area contributed by atoms with Crippen LogP contribution in [0.2, 0.25) is 0 Å². The van der Waals surface area contributed by atoms with Crippen LogP contribution in [0.5, 0.6) is 17.2 Å². The van der Waals surface area contributed by atoms with Gasteiger partial charge < -0.3 is 14.9 Å². The largest absolute Gasteiger partial charge is 0.508 e. The van der Waals surface area contributed by atoms with Crippen molar-refractivity contribution in [3.05, 3.63) is 92.1 Å². The predicted octanol–water partition coefficient (Wildman–Crippen LogP) is 6.58. The molecule has 9 nitrogen and oxygen atoms in total. The Hall–Kier alpha value is -3.45. The number of amides is 4. The molecule has 2 N–H and O–H groups in total. The van der Waals surface area contributed by atoms with Gasteiger partial charge in [-0.15, -0.1) is 23.2 Å². The van der Waals surface area contributed by atoms with Crippen LogP contribution in [0.3, 0.4) is 0 Å². The second-order valence-electron chi connectivity index (χ2n) is 12.6. The van der Waals surface area contributed by atoms with E-state index in [0.717, 1.165) is 22.6 Å². The van der Waals surface area contributed by atoms with Crippen LogP contribution in [0.15, 0.2) is 75.2 Å². The third kappa shape index (κ3) is 4.88. The third-order valence-corrected chi connectivity index (χ3v) is 13.8. The third-order valence-electron chi connectivity index (χ3n) is 10.3. The van der Waals surface area contributed by atoms with Gasteiger partial charge in [-0.25, -0.2) is 9.29 Å². The number of fused-ring (bicyclic) bond motifs is 4. The molecule has 4 amide bonds. The summed E-state index contributed by atoms with van der Waals surface area (Å²) in [5.41, 5.74) is 1.79. The van der Waals surface area contributed by atoms with Crippen LogP contribution in [0, 0.1) is 23.6 Å². The van der Waals surface area contributed by atoms with E-state index in [-0.39, 0.29) is 52.7 Å². The topological polar surface area (TPSA) is 124 Å². The number of imide groups is 2. The minimum Gasteiger partial charge on any atom is -0.508 e. The SMILES string of the molecule is COc1cc([C@H]2C3=CC[C@@H]4C(=O)N(CCc5ccc(O)cc5)C(=O)[C@@H]4[C@@H]3C[C@@]3(Cl)C(=O)N(c4ccc(F)cc4)C(=O)[C@@]23Cl)c(Br)c(Br)c1O. The zero-order valence-corrected chi connectivity index (χ0v) is 30.3. The molecule has 0 radical (unpaired) electrons. The van der Waals surface area contributed by atoms with Gasteiger partial charge in [-0.1, -0.05) is 23.8 Å². The zero-order chi connectivity index (χ0) is 35.2. The summed E-state index contributed by atoms with van der Waals surface area (Å²) in [4.78, 5) is 54.8. The van der Waals surface area contributed by atoms with Crippen molar-refractivity contribution in [2.24, 2.45) is 17.8 Å². The van der Waals surface area contributed by atoms with Crippen molar-refractivity contribution >= 4 is 84.4 Å². The molecule has 2 heterocycles. The maximum Gasteiger partial charge on any atom is 0.258 e. The van der Waals surface area contributed by atoms with E-state index >= 15 is 0 Å². The maximum absolute atomic E-state index is 14.6. The highest BCUT2D eigenvalue weighted by Gasteiger charge is 2.76. The van der Waals surface area contributed by atoms with Crippen LogP contribution in [-0.4, -0.2) is 62.1 Å². The standard InChI is InChI=1S/C35H27Br2Cl2FN2O7/c1-49-24-14-22(27(36)28(37)29(24)44)26-20-10-11-21-25(31(46)41(30(21)45)13-12-16-2-8-19(43)9-3-16)23(20)15-34(38)32(47)42(33(48)35(26,34)39)18-6-4-17(40)5-7-18/h2-10,14,21,23,25-26,43-44H,11-13,15H2,1H3/t21-,23+,25-,26+,34+,35-/m0/s1. The Morgan fingerprint density at radius 3 is 2.27 bits per heavy atom. The monoisotopic (exact) mass is 834 g/mol. The number of hydrogen-bond donors (Lipinski definition) is 2. The summed E-state index contributed by atoms with van der Waals surface area (Å²) in [5.74, 6) is -6.65. The molecule has 4 aliphatic rings. The molecule has 0 aromatic heterocycles. The Morgan fingerprint density at radius 2 is 1.61 bits per heavy atom. The van der Waals surface area contributed by atoms with Gasteiger partial charge in [-0.2, -0.15) is 0 Å². The second-order valence-corrected chi connectivity index (χ2v) is 15.5. The average Bonchev–Trinajstić information content (AvgIpc) is 3.41. The molecule has 6 atom stereocenters. The number of carbonyl (C=O) groups excluding carboxylic acids is 4. The fourth-order valence-corrected chi connectivity index (χ4v) is 9.79. The summed E-state index contributed by atoms with van der Waals surface area (Å²) in [6.07, 6.45) is 2.11. The minimum atomic E-state index is -2.16. The van der Waals surface area contributed by atoms with Crippen LogP contribution in [0.25, 0.3) is 0 Å². The Kier molecular flexibility index (Phi) is 8.40. The molecule has 14 heteroatoms. The number of hydrogen-bond acceptors (Lipinski definition) is 7. The Morgan fingerprint density at radius 1 is 0.939 bits per heavy atom. The summed E-state index contributed by atoms with van der Waals surface area (Å²) in [6.45, 7) is 0.107. The highest BCUT2D eigenvalue weighted by molar-refractivity contribution is 9.13. The lowest BCUT2D eigenvalue weighted by Crippen LogP contribution is -2.60. The van der Waals surface area contributed by atoms with E-state index in [9.17, 15) is 33.8 Å². The number of phenolic OH excluding ortho intramolecular Hbond substituents is 2. The first-order valence-electron chi connectivity index (χ1n) is 15.3. The summed E-state index contributed by atoms with van der Waals surface area (Å²) in [6, 6.07) is 12.8. The molecular formula is C35H27Br2Cl2FN2O7. The summed E-state index contributed by atoms with van der Waals surface area (Å²) >= 11 is 21.8. The Bertz CT molecular complexity index is 1980. The minimum absolute atomic E-state index is 0.0432. The van der Waals surface area contributed by atoms with Crippen LogP contribution < -0.4 is 9.64 Å². The highest BCUT2D eigenvalue weighted by Crippen LogP contribution is 2.67. The van der Waals surface area contributed by atoms with Crippen LogP contribution in [0.1, 0.15) is 29.9 Å². The number of carbonyl (C=O) groups is 4. The molecule has 2 saturated heterocycles. The van der Waals surface area contributed by atoms with Crippen molar-refractivity contribution < 1.29 is 38.5 Å². The summed E-state index contributed by atoms with van der Waals surface area (Å²) in [5, 5.41) is 20.4. The maximum atomic E-state index is 14.6. The van der Waals surface area contributed by atoms with E-state index in [1.165, 1.54) is 42.3 Å². The molecule has 0 bridgehead atoms. The molecule has 254 valence electrons. The van der Waals surface area contributed by atoms with E-state index < -0.39 is 57.0 Å². The number of anilines is 1. The van der Waals surface area contributed by atoms with E-state index in [2.05, 4.69) is 31.9 Å². The lowest BCUT2D eigenvalue weighted by molar-refractivity contribution is -0.140. The number of phenols is 2. The van der Waals surface area contributed by atoms with E-state index in [1.807, 2.05) is 6.08 Å². The molecule has 7 rings (SSSR count). The molecule has 3 aromatic rings. The van der Waals surface area contributed by atoms with Crippen molar-refractivity contribution in [1.29, 1.82) is 0 Å². The molecule has 3 aromatic carbocycles. The van der Waals surface area contributed by atoms with Gasteiger partial charge in [-0.3, -0.25) is 24.1 Å².